The lowest BCUT2D eigenvalue weighted by Crippen LogP contribution is -2.18. The highest BCUT2D eigenvalue weighted by Gasteiger charge is 2.11. The number of para-hydroxylation sites is 1. The van der Waals surface area contributed by atoms with Crippen LogP contribution in [0.2, 0.25) is 0 Å². The Bertz CT molecular complexity index is 530. The number of carbonyl (C=O) groups excluding carboxylic acids is 1. The van der Waals surface area contributed by atoms with Crippen LogP contribution in [-0.2, 0) is 6.42 Å². The molecule has 0 spiro atoms. The Morgan fingerprint density at radius 2 is 2.18 bits per heavy atom. The molecule has 1 heterocycles. The Kier molecular flexibility index (Phi) is 3.44. The van der Waals surface area contributed by atoms with E-state index in [9.17, 15) is 4.79 Å². The van der Waals surface area contributed by atoms with Gasteiger partial charge in [-0.05, 0) is 31.6 Å². The fraction of sp³-hybridized carbons (Fsp3) is 0.308. The molecule has 1 aromatic heterocycles. The number of hydrogen-bond acceptors (Lipinski definition) is 2. The van der Waals surface area contributed by atoms with Crippen molar-refractivity contribution in [3.8, 4) is 0 Å². The Morgan fingerprint density at radius 3 is 2.88 bits per heavy atom. The molecular weight excluding hydrogens is 214 g/mol. The SMILES string of the molecule is CNCCc1c[nH]c2c(C(=O)NC)cccc12. The number of rotatable bonds is 4. The molecule has 1 amide bonds. The molecule has 1 aromatic carbocycles. The van der Waals surface area contributed by atoms with Gasteiger partial charge in [0.15, 0.2) is 0 Å². The molecule has 0 atom stereocenters. The van der Waals surface area contributed by atoms with Crippen molar-refractivity contribution in [2.24, 2.45) is 0 Å². The van der Waals surface area contributed by atoms with Crippen molar-refractivity contribution in [3.05, 3.63) is 35.5 Å². The maximum absolute atomic E-state index is 11.7. The van der Waals surface area contributed by atoms with Crippen molar-refractivity contribution in [2.75, 3.05) is 20.6 Å². The van der Waals surface area contributed by atoms with Gasteiger partial charge < -0.3 is 15.6 Å². The first-order chi connectivity index (χ1) is 8.27. The number of aromatic nitrogens is 1. The standard InChI is InChI=1S/C13H17N3O/c1-14-7-6-9-8-16-12-10(9)4-3-5-11(12)13(17)15-2/h3-5,8,14,16H,6-7H2,1-2H3,(H,15,17). The highest BCUT2D eigenvalue weighted by atomic mass is 16.1. The molecule has 3 N–H and O–H groups in total. The van der Waals surface area contributed by atoms with Crippen molar-refractivity contribution in [1.82, 2.24) is 15.6 Å². The molecule has 0 unspecified atom stereocenters. The van der Waals surface area contributed by atoms with Crippen LogP contribution in [0.5, 0.6) is 0 Å². The predicted molar refractivity (Wildman–Crippen MR) is 69.3 cm³/mol. The van der Waals surface area contributed by atoms with Gasteiger partial charge in [0.2, 0.25) is 0 Å². The first-order valence-corrected chi connectivity index (χ1v) is 5.73. The number of hydrogen-bond donors (Lipinski definition) is 3. The second-order valence-corrected chi connectivity index (χ2v) is 3.97. The van der Waals surface area contributed by atoms with Crippen molar-refractivity contribution in [2.45, 2.75) is 6.42 Å². The van der Waals surface area contributed by atoms with Crippen LogP contribution in [0.4, 0.5) is 0 Å². The van der Waals surface area contributed by atoms with E-state index in [-0.39, 0.29) is 5.91 Å². The molecule has 0 radical (unpaired) electrons. The van der Waals surface area contributed by atoms with Crippen LogP contribution in [0.3, 0.4) is 0 Å². The second kappa shape index (κ2) is 5.01. The third-order valence-electron chi connectivity index (χ3n) is 2.92. The number of amides is 1. The second-order valence-electron chi connectivity index (χ2n) is 3.97. The van der Waals surface area contributed by atoms with E-state index in [1.807, 2.05) is 31.4 Å². The molecule has 90 valence electrons. The minimum Gasteiger partial charge on any atom is -0.360 e. The smallest absolute Gasteiger partial charge is 0.253 e. The molecule has 0 bridgehead atoms. The summed E-state index contributed by atoms with van der Waals surface area (Å²) in [6, 6.07) is 5.80. The van der Waals surface area contributed by atoms with Crippen LogP contribution in [0.1, 0.15) is 15.9 Å². The van der Waals surface area contributed by atoms with Gasteiger partial charge in [-0.2, -0.15) is 0 Å². The molecule has 0 saturated carbocycles. The summed E-state index contributed by atoms with van der Waals surface area (Å²) < 4.78 is 0. The normalized spacial score (nSPS) is 10.7. The zero-order valence-electron chi connectivity index (χ0n) is 10.1. The Balaban J connectivity index is 2.45. The summed E-state index contributed by atoms with van der Waals surface area (Å²) in [5, 5.41) is 6.91. The monoisotopic (exact) mass is 231 g/mol. The van der Waals surface area contributed by atoms with E-state index in [4.69, 9.17) is 0 Å². The zero-order valence-corrected chi connectivity index (χ0v) is 10.1. The minimum atomic E-state index is -0.0578. The van der Waals surface area contributed by atoms with Gasteiger partial charge in [0.25, 0.3) is 5.91 Å². The Hall–Kier alpha value is -1.81. The largest absolute Gasteiger partial charge is 0.360 e. The van der Waals surface area contributed by atoms with Crippen molar-refractivity contribution in [1.29, 1.82) is 0 Å². The highest BCUT2D eigenvalue weighted by Crippen LogP contribution is 2.22. The number of likely N-dealkylation sites (N-methyl/N-ethyl adjacent to an activating group) is 1. The first kappa shape index (κ1) is 11.7. The molecular formula is C13H17N3O. The van der Waals surface area contributed by atoms with Crippen LogP contribution >= 0.6 is 0 Å². The summed E-state index contributed by atoms with van der Waals surface area (Å²) in [5.41, 5.74) is 2.85. The zero-order chi connectivity index (χ0) is 12.3. The van der Waals surface area contributed by atoms with Crippen LogP contribution < -0.4 is 10.6 Å². The molecule has 2 aromatic rings. The maximum atomic E-state index is 11.7. The van der Waals surface area contributed by atoms with E-state index in [1.54, 1.807) is 7.05 Å². The van der Waals surface area contributed by atoms with Crippen molar-refractivity contribution >= 4 is 16.8 Å². The Labute approximate surface area is 100 Å². The fourth-order valence-corrected chi connectivity index (χ4v) is 2.00. The van der Waals surface area contributed by atoms with Gasteiger partial charge in [-0.25, -0.2) is 0 Å². The molecule has 0 aliphatic heterocycles. The van der Waals surface area contributed by atoms with Crippen molar-refractivity contribution < 1.29 is 4.79 Å². The average Bonchev–Trinajstić information content (AvgIpc) is 2.78. The summed E-state index contributed by atoms with van der Waals surface area (Å²) in [6.07, 6.45) is 2.93. The summed E-state index contributed by atoms with van der Waals surface area (Å²) in [4.78, 5) is 14.9. The lowest BCUT2D eigenvalue weighted by molar-refractivity contribution is 0.0964. The summed E-state index contributed by atoms with van der Waals surface area (Å²) in [7, 11) is 3.58. The summed E-state index contributed by atoms with van der Waals surface area (Å²) in [5.74, 6) is -0.0578. The third-order valence-corrected chi connectivity index (χ3v) is 2.92. The number of benzene rings is 1. The van der Waals surface area contributed by atoms with Gasteiger partial charge in [-0.1, -0.05) is 12.1 Å². The van der Waals surface area contributed by atoms with E-state index in [0.29, 0.717) is 5.56 Å². The van der Waals surface area contributed by atoms with E-state index in [2.05, 4.69) is 15.6 Å². The molecule has 4 nitrogen and oxygen atoms in total. The van der Waals surface area contributed by atoms with Gasteiger partial charge in [0, 0.05) is 18.6 Å². The molecule has 0 aliphatic carbocycles. The molecule has 2 rings (SSSR count). The van der Waals surface area contributed by atoms with E-state index in [0.717, 1.165) is 23.9 Å². The van der Waals surface area contributed by atoms with Crippen LogP contribution in [0, 0.1) is 0 Å². The van der Waals surface area contributed by atoms with Crippen LogP contribution in [0.25, 0.3) is 10.9 Å². The molecule has 4 heteroatoms. The lowest BCUT2D eigenvalue weighted by atomic mass is 10.1. The lowest BCUT2D eigenvalue weighted by Gasteiger charge is -2.02. The molecule has 0 saturated heterocycles. The van der Waals surface area contributed by atoms with E-state index < -0.39 is 0 Å². The maximum Gasteiger partial charge on any atom is 0.253 e. The van der Waals surface area contributed by atoms with Gasteiger partial charge in [0.05, 0.1) is 11.1 Å². The quantitative estimate of drug-likeness (QED) is 0.742. The van der Waals surface area contributed by atoms with E-state index in [1.165, 1.54) is 5.56 Å². The van der Waals surface area contributed by atoms with Gasteiger partial charge in [0.1, 0.15) is 0 Å². The molecule has 0 aliphatic rings. The number of H-pyrrole nitrogens is 1. The summed E-state index contributed by atoms with van der Waals surface area (Å²) >= 11 is 0. The molecule has 17 heavy (non-hydrogen) atoms. The highest BCUT2D eigenvalue weighted by molar-refractivity contribution is 6.06. The average molecular weight is 231 g/mol. The van der Waals surface area contributed by atoms with Crippen molar-refractivity contribution in [3.63, 3.8) is 0 Å². The summed E-state index contributed by atoms with van der Waals surface area (Å²) in [6.45, 7) is 0.928. The van der Waals surface area contributed by atoms with E-state index >= 15 is 0 Å². The number of carbonyl (C=O) groups is 1. The number of nitrogens with one attached hydrogen (secondary N) is 3. The first-order valence-electron chi connectivity index (χ1n) is 5.73. The van der Waals surface area contributed by atoms with Gasteiger partial charge in [-0.3, -0.25) is 4.79 Å². The Morgan fingerprint density at radius 1 is 1.35 bits per heavy atom. The van der Waals surface area contributed by atoms with Crippen LogP contribution in [0.15, 0.2) is 24.4 Å². The van der Waals surface area contributed by atoms with Crippen LogP contribution in [-0.4, -0.2) is 31.5 Å². The number of aromatic amines is 1. The third kappa shape index (κ3) is 2.17. The molecule has 0 fully saturated rings. The topological polar surface area (TPSA) is 56.9 Å². The fourth-order valence-electron chi connectivity index (χ4n) is 2.00. The van der Waals surface area contributed by atoms with Gasteiger partial charge >= 0.3 is 0 Å². The number of fused-ring (bicyclic) bond motifs is 1. The minimum absolute atomic E-state index is 0.0578. The predicted octanol–water partition coefficient (Wildman–Crippen LogP) is 1.29. The van der Waals surface area contributed by atoms with Gasteiger partial charge in [-0.15, -0.1) is 0 Å².